The van der Waals surface area contributed by atoms with E-state index in [9.17, 15) is 0 Å². The lowest BCUT2D eigenvalue weighted by molar-refractivity contribution is -0.646. The quantitative estimate of drug-likeness (QED) is 0.573. The highest BCUT2D eigenvalue weighted by atomic mass is 35.5. The van der Waals surface area contributed by atoms with Crippen LogP contribution in [0, 0.1) is 0 Å². The summed E-state index contributed by atoms with van der Waals surface area (Å²) in [6.07, 6.45) is 4.03. The largest absolute Gasteiger partial charge is 0.492 e. The molecule has 0 aliphatic heterocycles. The van der Waals surface area contributed by atoms with Crippen LogP contribution in [0.25, 0.3) is 0 Å². The highest BCUT2D eigenvalue weighted by molar-refractivity contribution is 6.34. The summed E-state index contributed by atoms with van der Waals surface area (Å²) < 4.78 is 5.57. The molecule has 0 aromatic heterocycles. The number of ether oxygens (including phenoxy) is 1. The Morgan fingerprint density at radius 1 is 1.29 bits per heavy atom. The minimum Gasteiger partial charge on any atom is -0.492 e. The monoisotopic (exact) mass is 274 g/mol. The second-order valence-corrected chi connectivity index (χ2v) is 4.58. The third-order valence-corrected chi connectivity index (χ3v) is 2.83. The van der Waals surface area contributed by atoms with Crippen LogP contribution in [0.15, 0.2) is 30.9 Å². The van der Waals surface area contributed by atoms with Gasteiger partial charge < -0.3 is 10.1 Å². The second-order valence-electron chi connectivity index (χ2n) is 3.73. The molecule has 17 heavy (non-hydrogen) atoms. The highest BCUT2D eigenvalue weighted by Gasteiger charge is 2.02. The van der Waals surface area contributed by atoms with Crippen molar-refractivity contribution in [3.8, 4) is 5.75 Å². The van der Waals surface area contributed by atoms with Gasteiger partial charge in [-0.25, -0.2) is 0 Å². The maximum Gasteiger partial charge on any atom is 0.139 e. The van der Waals surface area contributed by atoms with Gasteiger partial charge in [-0.15, -0.1) is 0 Å². The topological polar surface area (TPSA) is 25.8 Å². The molecule has 2 nitrogen and oxygen atoms in total. The van der Waals surface area contributed by atoms with Crippen molar-refractivity contribution in [1.82, 2.24) is 0 Å². The number of hydrogen-bond acceptors (Lipinski definition) is 1. The smallest absolute Gasteiger partial charge is 0.139 e. The van der Waals surface area contributed by atoms with Gasteiger partial charge in [-0.3, -0.25) is 0 Å². The number of nitrogens with two attached hydrogens (primary N) is 1. The molecule has 0 saturated heterocycles. The highest BCUT2D eigenvalue weighted by Crippen LogP contribution is 2.27. The Labute approximate surface area is 113 Å². The summed E-state index contributed by atoms with van der Waals surface area (Å²) in [5.74, 6) is 0.661. The molecule has 0 unspecified atom stereocenters. The minimum absolute atomic E-state index is 0.604. The predicted molar refractivity (Wildman–Crippen MR) is 73.0 cm³/mol. The van der Waals surface area contributed by atoms with Crippen molar-refractivity contribution < 1.29 is 10.1 Å². The van der Waals surface area contributed by atoms with E-state index in [1.807, 2.05) is 6.08 Å². The normalized spacial score (nSPS) is 10.2. The molecule has 0 bridgehead atoms. The molecule has 1 aromatic carbocycles. The molecule has 0 atom stereocenters. The molecule has 0 amide bonds. The van der Waals surface area contributed by atoms with Crippen LogP contribution >= 0.6 is 23.2 Å². The Kier molecular flexibility index (Phi) is 7.10. The summed E-state index contributed by atoms with van der Waals surface area (Å²) in [5, 5.41) is 3.47. The molecule has 0 radical (unpaired) electrons. The van der Waals surface area contributed by atoms with Crippen molar-refractivity contribution in [3.63, 3.8) is 0 Å². The fourth-order valence-electron chi connectivity index (χ4n) is 1.40. The first kappa shape index (κ1) is 14.4. The lowest BCUT2D eigenvalue weighted by Gasteiger charge is -2.07. The van der Waals surface area contributed by atoms with E-state index in [1.54, 1.807) is 18.2 Å². The van der Waals surface area contributed by atoms with Crippen LogP contribution in [0.5, 0.6) is 5.75 Å². The Morgan fingerprint density at radius 3 is 2.88 bits per heavy atom. The summed E-state index contributed by atoms with van der Waals surface area (Å²) in [6, 6.07) is 5.24. The summed E-state index contributed by atoms with van der Waals surface area (Å²) in [6.45, 7) is 6.41. The molecule has 1 rings (SSSR count). The van der Waals surface area contributed by atoms with Crippen LogP contribution in [-0.4, -0.2) is 19.7 Å². The number of benzene rings is 1. The molecule has 0 spiro atoms. The van der Waals surface area contributed by atoms with Gasteiger partial charge >= 0.3 is 0 Å². The molecule has 1 aromatic rings. The van der Waals surface area contributed by atoms with Crippen LogP contribution < -0.4 is 10.1 Å². The van der Waals surface area contributed by atoms with Crippen molar-refractivity contribution in [2.45, 2.75) is 12.8 Å². The van der Waals surface area contributed by atoms with Crippen LogP contribution in [0.1, 0.15) is 12.8 Å². The molecule has 0 saturated carbocycles. The number of rotatable bonds is 8. The molecule has 94 valence electrons. The van der Waals surface area contributed by atoms with E-state index < -0.39 is 0 Å². The van der Waals surface area contributed by atoms with E-state index in [1.165, 1.54) is 0 Å². The van der Waals surface area contributed by atoms with Gasteiger partial charge in [0.1, 0.15) is 5.75 Å². The summed E-state index contributed by atoms with van der Waals surface area (Å²) in [4.78, 5) is 0. The van der Waals surface area contributed by atoms with Crippen molar-refractivity contribution in [3.05, 3.63) is 40.9 Å². The zero-order valence-electron chi connectivity index (χ0n) is 9.79. The lowest BCUT2D eigenvalue weighted by atomic mass is 10.3. The maximum absolute atomic E-state index is 5.98. The fraction of sp³-hybridized carbons (Fsp3) is 0.385. The second kappa shape index (κ2) is 8.40. The zero-order chi connectivity index (χ0) is 12.5. The molecule has 4 heteroatoms. The fourth-order valence-corrected chi connectivity index (χ4v) is 1.73. The Bertz CT molecular complexity index is 355. The van der Waals surface area contributed by atoms with Crippen LogP contribution in [0.2, 0.25) is 10.0 Å². The van der Waals surface area contributed by atoms with Crippen LogP contribution in [0.4, 0.5) is 0 Å². The first-order chi connectivity index (χ1) is 8.24. The SMILES string of the molecule is C=CC[NH2+]CCCCOc1cc(Cl)ccc1Cl. The average molecular weight is 275 g/mol. The first-order valence-corrected chi connectivity index (χ1v) is 6.50. The van der Waals surface area contributed by atoms with Crippen molar-refractivity contribution in [2.24, 2.45) is 0 Å². The maximum atomic E-state index is 5.98. The number of halogens is 2. The molecule has 0 aliphatic carbocycles. The van der Waals surface area contributed by atoms with E-state index in [2.05, 4.69) is 11.9 Å². The van der Waals surface area contributed by atoms with Gasteiger partial charge in [-0.05, 0) is 31.1 Å². The number of quaternary nitrogens is 1. The van der Waals surface area contributed by atoms with Gasteiger partial charge in [0.2, 0.25) is 0 Å². The Balaban J connectivity index is 2.17. The molecule has 0 fully saturated rings. The third kappa shape index (κ3) is 5.97. The van der Waals surface area contributed by atoms with E-state index >= 15 is 0 Å². The third-order valence-electron chi connectivity index (χ3n) is 2.29. The molecular formula is C13H18Cl2NO+. The Morgan fingerprint density at radius 2 is 2.12 bits per heavy atom. The number of hydrogen-bond donors (Lipinski definition) is 1. The number of unbranched alkanes of at least 4 members (excludes halogenated alkanes) is 1. The van der Waals surface area contributed by atoms with E-state index in [0.29, 0.717) is 22.4 Å². The Hall–Kier alpha value is -0.700. The predicted octanol–water partition coefficient (Wildman–Crippen LogP) is 2.90. The summed E-state index contributed by atoms with van der Waals surface area (Å²) in [7, 11) is 0. The summed E-state index contributed by atoms with van der Waals surface area (Å²) >= 11 is 11.8. The van der Waals surface area contributed by atoms with Gasteiger partial charge in [0, 0.05) is 11.1 Å². The van der Waals surface area contributed by atoms with Crippen molar-refractivity contribution in [2.75, 3.05) is 19.7 Å². The standard InChI is InChI=1S/C13H17Cl2NO/c1-2-7-16-8-3-4-9-17-13-10-11(14)5-6-12(13)15/h2,5-6,10,16H,1,3-4,7-9H2/p+1. The molecule has 0 heterocycles. The molecular weight excluding hydrogens is 257 g/mol. The summed E-state index contributed by atoms with van der Waals surface area (Å²) in [5.41, 5.74) is 0. The van der Waals surface area contributed by atoms with Crippen LogP contribution in [-0.2, 0) is 0 Å². The van der Waals surface area contributed by atoms with Gasteiger partial charge in [-0.1, -0.05) is 29.8 Å². The molecule has 2 N–H and O–H groups in total. The average Bonchev–Trinajstić information content (AvgIpc) is 2.32. The lowest BCUT2D eigenvalue weighted by Crippen LogP contribution is -2.83. The van der Waals surface area contributed by atoms with Crippen LogP contribution in [0.3, 0.4) is 0 Å². The van der Waals surface area contributed by atoms with Gasteiger partial charge in [0.05, 0.1) is 24.7 Å². The first-order valence-electron chi connectivity index (χ1n) is 5.74. The van der Waals surface area contributed by atoms with E-state index in [0.717, 1.165) is 25.9 Å². The van der Waals surface area contributed by atoms with E-state index in [4.69, 9.17) is 27.9 Å². The molecule has 0 aliphatic rings. The van der Waals surface area contributed by atoms with Gasteiger partial charge in [-0.2, -0.15) is 0 Å². The minimum atomic E-state index is 0.604. The van der Waals surface area contributed by atoms with E-state index in [-0.39, 0.29) is 0 Å². The van der Waals surface area contributed by atoms with Gasteiger partial charge in [0.25, 0.3) is 0 Å². The van der Waals surface area contributed by atoms with Crippen molar-refractivity contribution >= 4 is 23.2 Å². The van der Waals surface area contributed by atoms with Gasteiger partial charge in [0.15, 0.2) is 0 Å². The zero-order valence-corrected chi connectivity index (χ0v) is 11.3. The van der Waals surface area contributed by atoms with Crippen molar-refractivity contribution in [1.29, 1.82) is 0 Å².